The summed E-state index contributed by atoms with van der Waals surface area (Å²) in [5.41, 5.74) is -2.65. The number of nitro benzene ring substituents is 1. The van der Waals surface area contributed by atoms with Crippen LogP contribution in [0.2, 0.25) is 0 Å². The van der Waals surface area contributed by atoms with Crippen LogP contribution in [0.25, 0.3) is 0 Å². The fourth-order valence-corrected chi connectivity index (χ4v) is 4.23. The molecule has 1 amide bonds. The van der Waals surface area contributed by atoms with Crippen LogP contribution in [0.15, 0.2) is 41.3 Å². The summed E-state index contributed by atoms with van der Waals surface area (Å²) in [4.78, 5) is 50.8. The van der Waals surface area contributed by atoms with Crippen LogP contribution in [0, 0.1) is 10.1 Å². The van der Waals surface area contributed by atoms with E-state index >= 15 is 0 Å². The van der Waals surface area contributed by atoms with E-state index in [1.807, 2.05) is 0 Å². The number of non-ortho nitro benzene ring substituents is 1. The average molecular weight is 570 g/mol. The Morgan fingerprint density at radius 2 is 1.97 bits per heavy atom. The number of carboxylic acid groups (broad SMARTS) is 1. The maximum absolute atomic E-state index is 12.7. The zero-order valence-electron chi connectivity index (χ0n) is 17.4. The molecule has 1 fully saturated rings. The predicted molar refractivity (Wildman–Crippen MR) is 125 cm³/mol. The van der Waals surface area contributed by atoms with Gasteiger partial charge in [0.2, 0.25) is 3.79 Å². The van der Waals surface area contributed by atoms with Gasteiger partial charge < -0.3 is 19.3 Å². The lowest BCUT2D eigenvalue weighted by Gasteiger charge is -2.23. The second-order valence-electron chi connectivity index (χ2n) is 6.78. The van der Waals surface area contributed by atoms with Crippen molar-refractivity contribution >= 4 is 70.3 Å². The van der Waals surface area contributed by atoms with Gasteiger partial charge in [0.05, 0.1) is 11.5 Å². The third-order valence-electron chi connectivity index (χ3n) is 4.29. The van der Waals surface area contributed by atoms with Crippen molar-refractivity contribution in [2.24, 2.45) is 0 Å². The van der Waals surface area contributed by atoms with E-state index in [0.717, 1.165) is 28.5 Å². The lowest BCUT2D eigenvalue weighted by Crippen LogP contribution is -2.40. The molecule has 0 saturated carbocycles. The number of ether oxygens (including phenoxy) is 3. The Balaban J connectivity index is 1.75. The monoisotopic (exact) mass is 568 g/mol. The van der Waals surface area contributed by atoms with E-state index in [-0.39, 0.29) is 17.3 Å². The first-order valence-corrected chi connectivity index (χ1v) is 11.5. The second-order valence-corrected chi connectivity index (χ2v) is 10.7. The van der Waals surface area contributed by atoms with Crippen molar-refractivity contribution in [2.75, 3.05) is 11.4 Å². The third kappa shape index (κ3) is 7.11. The molecule has 2 heterocycles. The Labute approximate surface area is 215 Å². The van der Waals surface area contributed by atoms with Gasteiger partial charge in [-0.1, -0.05) is 46.6 Å². The van der Waals surface area contributed by atoms with Gasteiger partial charge in [-0.15, -0.1) is 0 Å². The van der Waals surface area contributed by atoms with Crippen LogP contribution < -0.4 is 15.3 Å². The molecule has 0 radical (unpaired) electrons. The van der Waals surface area contributed by atoms with E-state index in [4.69, 9.17) is 49.0 Å². The highest BCUT2D eigenvalue weighted by Gasteiger charge is 2.39. The number of carbonyl (C=O) groups excluding carboxylic acids is 1. The molecule has 2 aromatic rings. The van der Waals surface area contributed by atoms with Crippen LogP contribution in [0.1, 0.15) is 13.2 Å². The topological polar surface area (TPSA) is 163 Å². The van der Waals surface area contributed by atoms with Gasteiger partial charge in [-0.3, -0.25) is 19.6 Å². The Bertz CT molecular complexity index is 1180. The molecular formula is C18H15Cl3N4O9S. The SMILES string of the molecule is C[C@@H]1O[C@H](n2ccc(N(CC(Cl)(Cl)Cl)C(=O)O)nc2=O)C(OC(=O)Oc2ccc([N+](=O)[O-])cc2)S1. The quantitative estimate of drug-likeness (QED) is 0.175. The summed E-state index contributed by atoms with van der Waals surface area (Å²) in [6, 6.07) is 5.93. The summed E-state index contributed by atoms with van der Waals surface area (Å²) in [6.45, 7) is 1.07. The zero-order valence-corrected chi connectivity index (χ0v) is 20.5. The number of anilines is 1. The van der Waals surface area contributed by atoms with E-state index in [2.05, 4.69) is 4.98 Å². The summed E-state index contributed by atoms with van der Waals surface area (Å²) in [5.74, 6) is -0.293. The number of hydrogen-bond donors (Lipinski definition) is 1. The van der Waals surface area contributed by atoms with Crippen molar-refractivity contribution in [2.45, 2.75) is 27.8 Å². The normalized spacial score (nSPS) is 19.7. The van der Waals surface area contributed by atoms with E-state index in [1.54, 1.807) is 6.92 Å². The highest BCUT2D eigenvalue weighted by molar-refractivity contribution is 8.00. The molecule has 1 unspecified atom stereocenters. The number of thioether (sulfide) groups is 1. The molecule has 1 N–H and O–H groups in total. The molecule has 35 heavy (non-hydrogen) atoms. The van der Waals surface area contributed by atoms with Crippen molar-refractivity contribution in [3.63, 3.8) is 0 Å². The summed E-state index contributed by atoms with van der Waals surface area (Å²) < 4.78 is 15.0. The van der Waals surface area contributed by atoms with Crippen LogP contribution in [0.5, 0.6) is 5.75 Å². The molecule has 1 aliphatic rings. The first-order chi connectivity index (χ1) is 16.3. The molecule has 1 saturated heterocycles. The van der Waals surface area contributed by atoms with Gasteiger partial charge in [0.1, 0.15) is 17.0 Å². The first kappa shape index (κ1) is 26.8. The van der Waals surface area contributed by atoms with Crippen molar-refractivity contribution in [1.82, 2.24) is 9.55 Å². The molecule has 3 atom stereocenters. The Morgan fingerprint density at radius 1 is 1.31 bits per heavy atom. The number of benzene rings is 1. The minimum atomic E-state index is -1.96. The van der Waals surface area contributed by atoms with Crippen LogP contribution in [0.3, 0.4) is 0 Å². The van der Waals surface area contributed by atoms with E-state index in [0.29, 0.717) is 4.90 Å². The van der Waals surface area contributed by atoms with Crippen LogP contribution in [0.4, 0.5) is 21.1 Å². The van der Waals surface area contributed by atoms with Gasteiger partial charge in [-0.2, -0.15) is 4.98 Å². The van der Waals surface area contributed by atoms with Crippen molar-refractivity contribution in [1.29, 1.82) is 0 Å². The Hall–Kier alpha value is -2.78. The molecule has 0 aliphatic carbocycles. The molecule has 1 aliphatic heterocycles. The maximum atomic E-state index is 12.7. The minimum absolute atomic E-state index is 0.0000118. The van der Waals surface area contributed by atoms with Gasteiger partial charge in [-0.25, -0.2) is 14.4 Å². The average Bonchev–Trinajstić information content (AvgIpc) is 3.11. The van der Waals surface area contributed by atoms with Gasteiger partial charge in [-0.05, 0) is 25.1 Å². The van der Waals surface area contributed by atoms with Gasteiger partial charge in [0, 0.05) is 18.3 Å². The van der Waals surface area contributed by atoms with Gasteiger partial charge in [0.25, 0.3) is 5.69 Å². The summed E-state index contributed by atoms with van der Waals surface area (Å²) in [5, 5.41) is 20.1. The standard InChI is InChI=1S/C18H15Cl3N4O9S/c1-9-32-13(14(35-9)34-17(29)33-11-4-2-10(3-5-11)25(30)31)23-7-6-12(22-15(23)26)24(16(27)28)8-18(19,20)21/h2-7,9,13-14H,8H2,1H3,(H,27,28)/t9-,13+,14?/m1/s1. The van der Waals surface area contributed by atoms with Crippen LogP contribution in [-0.4, -0.2) is 53.0 Å². The molecule has 1 aromatic heterocycles. The number of amides is 1. The third-order valence-corrected chi connectivity index (χ3v) is 5.74. The van der Waals surface area contributed by atoms with E-state index < -0.39 is 50.3 Å². The van der Waals surface area contributed by atoms with Crippen molar-refractivity contribution < 1.29 is 33.8 Å². The van der Waals surface area contributed by atoms with Gasteiger partial charge >= 0.3 is 17.9 Å². The molecule has 17 heteroatoms. The number of aromatic nitrogens is 2. The van der Waals surface area contributed by atoms with Crippen LogP contribution in [-0.2, 0) is 9.47 Å². The maximum Gasteiger partial charge on any atom is 0.515 e. The minimum Gasteiger partial charge on any atom is -0.465 e. The highest BCUT2D eigenvalue weighted by Crippen LogP contribution is 2.39. The molecule has 13 nitrogen and oxygen atoms in total. The number of rotatable bonds is 6. The van der Waals surface area contributed by atoms with Crippen molar-refractivity contribution in [3.8, 4) is 5.75 Å². The fraction of sp³-hybridized carbons (Fsp3) is 0.333. The Kier molecular flexibility index (Phi) is 8.33. The lowest BCUT2D eigenvalue weighted by atomic mass is 10.3. The van der Waals surface area contributed by atoms with Gasteiger partial charge in [0.15, 0.2) is 11.7 Å². The van der Waals surface area contributed by atoms with Crippen molar-refractivity contribution in [3.05, 3.63) is 57.1 Å². The molecule has 188 valence electrons. The molecule has 0 spiro atoms. The molecule has 1 aromatic carbocycles. The first-order valence-electron chi connectivity index (χ1n) is 9.44. The Morgan fingerprint density at radius 3 is 2.51 bits per heavy atom. The number of carbonyl (C=O) groups is 2. The van der Waals surface area contributed by atoms with Crippen LogP contribution >= 0.6 is 46.6 Å². The number of hydrogen-bond acceptors (Lipinski definition) is 10. The summed E-state index contributed by atoms with van der Waals surface area (Å²) in [6.07, 6.45) is -2.57. The predicted octanol–water partition coefficient (Wildman–Crippen LogP) is 4.16. The van der Waals surface area contributed by atoms with E-state index in [9.17, 15) is 29.6 Å². The summed E-state index contributed by atoms with van der Waals surface area (Å²) in [7, 11) is 0. The zero-order chi connectivity index (χ0) is 25.9. The lowest BCUT2D eigenvalue weighted by molar-refractivity contribution is -0.384. The fourth-order valence-electron chi connectivity index (χ4n) is 2.86. The molecular weight excluding hydrogens is 555 g/mol. The second kappa shape index (κ2) is 10.9. The molecule has 3 rings (SSSR count). The number of nitro groups is 1. The highest BCUT2D eigenvalue weighted by atomic mass is 35.6. The number of alkyl halides is 3. The summed E-state index contributed by atoms with van der Waals surface area (Å²) >= 11 is 18.1. The number of nitrogens with zero attached hydrogens (tertiary/aromatic N) is 4. The smallest absolute Gasteiger partial charge is 0.465 e. The largest absolute Gasteiger partial charge is 0.515 e. The molecule has 0 bridgehead atoms. The number of halogens is 3. The van der Waals surface area contributed by atoms with E-state index in [1.165, 1.54) is 24.4 Å².